The van der Waals surface area contributed by atoms with Gasteiger partial charge in [0.05, 0.1) is 43.0 Å². The second kappa shape index (κ2) is 12.2. The van der Waals surface area contributed by atoms with Gasteiger partial charge in [0, 0.05) is 49.7 Å². The van der Waals surface area contributed by atoms with Crippen LogP contribution in [0.2, 0.25) is 0 Å². The Morgan fingerprint density at radius 1 is 0.787 bits per heavy atom. The molecule has 2 aliphatic rings. The lowest BCUT2D eigenvalue weighted by atomic mass is 10.0. The van der Waals surface area contributed by atoms with Crippen molar-refractivity contribution in [2.45, 2.75) is 25.3 Å². The third kappa shape index (κ3) is 5.71. The molecule has 13 heteroatoms. The first-order valence-electron chi connectivity index (χ1n) is 15.8. The molecule has 2 aliphatic heterocycles. The molecule has 236 valence electrons. The zero-order valence-corrected chi connectivity index (χ0v) is 25.6. The normalized spacial score (nSPS) is 17.9. The Bertz CT molecular complexity index is 2020. The van der Waals surface area contributed by atoms with Crippen molar-refractivity contribution in [2.24, 2.45) is 5.92 Å². The lowest BCUT2D eigenvalue weighted by molar-refractivity contribution is 0.0724. The predicted molar refractivity (Wildman–Crippen MR) is 175 cm³/mol. The number of imidazole rings is 3. The largest absolute Gasteiger partial charge is 0.354 e. The molecule has 47 heavy (non-hydrogen) atoms. The number of amides is 2. The highest BCUT2D eigenvalue weighted by atomic mass is 16.2. The molecular formula is C34H33N11O2. The van der Waals surface area contributed by atoms with Crippen LogP contribution in [0.3, 0.4) is 0 Å². The summed E-state index contributed by atoms with van der Waals surface area (Å²) >= 11 is 0. The van der Waals surface area contributed by atoms with Crippen LogP contribution in [-0.4, -0.2) is 87.7 Å². The van der Waals surface area contributed by atoms with Gasteiger partial charge in [-0.2, -0.15) is 0 Å². The molecule has 13 nitrogen and oxygen atoms in total. The van der Waals surface area contributed by atoms with E-state index in [1.807, 2.05) is 28.4 Å². The van der Waals surface area contributed by atoms with Crippen LogP contribution in [0.4, 0.5) is 5.95 Å². The maximum atomic E-state index is 13.0. The maximum Gasteiger partial charge on any atom is 0.272 e. The quantitative estimate of drug-likeness (QED) is 0.189. The van der Waals surface area contributed by atoms with Gasteiger partial charge < -0.3 is 30.1 Å². The smallest absolute Gasteiger partial charge is 0.272 e. The van der Waals surface area contributed by atoms with E-state index in [9.17, 15) is 9.59 Å². The van der Waals surface area contributed by atoms with Gasteiger partial charge in [-0.25, -0.2) is 24.9 Å². The number of anilines is 1. The third-order valence-electron chi connectivity index (χ3n) is 9.14. The molecule has 6 heterocycles. The van der Waals surface area contributed by atoms with Gasteiger partial charge in [0.15, 0.2) is 0 Å². The molecule has 0 aliphatic carbocycles. The molecule has 0 unspecified atom stereocenters. The van der Waals surface area contributed by atoms with Crippen LogP contribution in [0.5, 0.6) is 0 Å². The minimum Gasteiger partial charge on any atom is -0.354 e. The second-order valence-corrected chi connectivity index (χ2v) is 12.1. The molecule has 6 aromatic rings. The Morgan fingerprint density at radius 3 is 2.26 bits per heavy atom. The van der Waals surface area contributed by atoms with Crippen molar-refractivity contribution in [1.82, 2.24) is 49.7 Å². The summed E-state index contributed by atoms with van der Waals surface area (Å²) in [4.78, 5) is 60.3. The van der Waals surface area contributed by atoms with Gasteiger partial charge >= 0.3 is 0 Å². The number of carbonyl (C=O) groups is 2. The predicted octanol–water partition coefficient (Wildman–Crippen LogP) is 4.68. The minimum absolute atomic E-state index is 0.0141. The van der Waals surface area contributed by atoms with E-state index in [0.717, 1.165) is 64.8 Å². The highest BCUT2D eigenvalue weighted by molar-refractivity contribution is 5.93. The number of likely N-dealkylation sites (tertiary alicyclic amines) is 2. The highest BCUT2D eigenvalue weighted by Gasteiger charge is 2.33. The molecule has 0 spiro atoms. The molecule has 2 amide bonds. The summed E-state index contributed by atoms with van der Waals surface area (Å²) in [6.07, 6.45) is 14.4. The Morgan fingerprint density at radius 2 is 1.51 bits per heavy atom. The number of nitrogens with zero attached hydrogens (tertiary/aromatic N) is 7. The van der Waals surface area contributed by atoms with Gasteiger partial charge in [0.2, 0.25) is 5.95 Å². The van der Waals surface area contributed by atoms with E-state index in [1.54, 1.807) is 12.4 Å². The van der Waals surface area contributed by atoms with Crippen molar-refractivity contribution in [3.8, 4) is 22.4 Å². The molecule has 4 aromatic heterocycles. The summed E-state index contributed by atoms with van der Waals surface area (Å²) in [5.74, 6) is 1.63. The molecule has 2 saturated heterocycles. The number of nitrogens with one attached hydrogen (secondary N) is 4. The van der Waals surface area contributed by atoms with Gasteiger partial charge in [-0.1, -0.05) is 24.3 Å². The van der Waals surface area contributed by atoms with Gasteiger partial charge in [-0.05, 0) is 53.6 Å². The maximum absolute atomic E-state index is 13.0. The zero-order chi connectivity index (χ0) is 31.7. The lowest BCUT2D eigenvalue weighted by Crippen LogP contribution is -2.31. The van der Waals surface area contributed by atoms with E-state index < -0.39 is 0 Å². The average molecular weight is 628 g/mol. The van der Waals surface area contributed by atoms with Crippen LogP contribution in [-0.2, 0) is 0 Å². The van der Waals surface area contributed by atoms with Gasteiger partial charge in [0.25, 0.3) is 11.8 Å². The van der Waals surface area contributed by atoms with Crippen LogP contribution < -0.4 is 5.32 Å². The third-order valence-corrected chi connectivity index (χ3v) is 9.14. The summed E-state index contributed by atoms with van der Waals surface area (Å²) in [7, 11) is 0. The van der Waals surface area contributed by atoms with Gasteiger partial charge in [-0.15, -0.1) is 0 Å². The first-order chi connectivity index (χ1) is 23.1. The fourth-order valence-electron chi connectivity index (χ4n) is 6.60. The van der Waals surface area contributed by atoms with Crippen molar-refractivity contribution in [3.63, 3.8) is 0 Å². The molecule has 0 bridgehead atoms. The molecule has 0 radical (unpaired) electrons. The van der Waals surface area contributed by atoms with E-state index in [-0.39, 0.29) is 17.9 Å². The number of fused-ring (bicyclic) bond motifs is 1. The molecular weight excluding hydrogens is 594 g/mol. The number of aromatic amines is 3. The number of rotatable bonds is 8. The number of H-pyrrole nitrogens is 3. The van der Waals surface area contributed by atoms with E-state index in [2.05, 4.69) is 81.6 Å². The fraction of sp³-hybridized carbons (Fsp3) is 0.265. The summed E-state index contributed by atoms with van der Waals surface area (Å²) in [6.45, 7) is 2.81. The number of hydrogen-bond acceptors (Lipinski definition) is 8. The summed E-state index contributed by atoms with van der Waals surface area (Å²) in [5.41, 5.74) is 4.92. The van der Waals surface area contributed by atoms with Crippen LogP contribution in [0.25, 0.3) is 33.2 Å². The summed E-state index contributed by atoms with van der Waals surface area (Å²) < 4.78 is 0. The van der Waals surface area contributed by atoms with Crippen molar-refractivity contribution < 1.29 is 9.59 Å². The van der Waals surface area contributed by atoms with E-state index in [1.165, 1.54) is 12.7 Å². The summed E-state index contributed by atoms with van der Waals surface area (Å²) in [5, 5.41) is 5.55. The Kier molecular flexibility index (Phi) is 7.40. The topological polar surface area (TPSA) is 164 Å². The molecule has 2 atom stereocenters. The SMILES string of the molecule is O=C(c1cnc[nH]1)N1CC[C@H](CNc2ncc(-c3ccc4cc(-c5cnc([C@@H]6CCCN6C(=O)c6cnc[nH]6)[nH]5)ccc4c3)cn2)C1. The number of carbonyl (C=O) groups excluding carboxylic acids is 2. The van der Waals surface area contributed by atoms with Crippen molar-refractivity contribution in [3.05, 3.63) is 97.2 Å². The van der Waals surface area contributed by atoms with Gasteiger partial charge in [0.1, 0.15) is 17.2 Å². The van der Waals surface area contributed by atoms with E-state index in [0.29, 0.717) is 42.9 Å². The molecule has 8 rings (SSSR count). The standard InChI is InChI=1S/C34H33N11O2/c46-32(28-15-35-19-41-28)44-9-7-21(18-44)12-38-34-39-13-26(14-40-34)24-4-3-23-11-25(6-5-22(23)10-24)27-17-37-31(43-27)30-2-1-8-45(30)33(47)29-16-36-20-42-29/h3-6,10-11,13-17,19-21,30H,1-2,7-9,12,18H2,(H,35,41)(H,36,42)(H,37,43)(H,38,39,40)/t21-,30+/m1/s1. The molecule has 4 N–H and O–H groups in total. The van der Waals surface area contributed by atoms with E-state index in [4.69, 9.17) is 0 Å². The number of hydrogen-bond donors (Lipinski definition) is 4. The van der Waals surface area contributed by atoms with Crippen LogP contribution in [0.1, 0.15) is 52.1 Å². The monoisotopic (exact) mass is 627 g/mol. The van der Waals surface area contributed by atoms with Crippen molar-refractivity contribution >= 4 is 28.5 Å². The number of aromatic nitrogens is 8. The Balaban J connectivity index is 0.905. The Labute approximate surface area is 269 Å². The highest BCUT2D eigenvalue weighted by Crippen LogP contribution is 2.33. The first-order valence-corrected chi connectivity index (χ1v) is 15.8. The fourth-order valence-corrected chi connectivity index (χ4v) is 6.60. The minimum atomic E-state index is -0.0943. The van der Waals surface area contributed by atoms with E-state index >= 15 is 0 Å². The lowest BCUT2D eigenvalue weighted by Gasteiger charge is -2.22. The molecule has 0 saturated carbocycles. The average Bonchev–Trinajstić information content (AvgIpc) is 3.96. The molecule has 2 fully saturated rings. The van der Waals surface area contributed by atoms with Crippen LogP contribution in [0, 0.1) is 5.92 Å². The second-order valence-electron chi connectivity index (χ2n) is 12.1. The van der Waals surface area contributed by atoms with Crippen LogP contribution in [0.15, 0.2) is 80.0 Å². The van der Waals surface area contributed by atoms with Gasteiger partial charge in [-0.3, -0.25) is 9.59 Å². The summed E-state index contributed by atoms with van der Waals surface area (Å²) in [6, 6.07) is 12.6. The van der Waals surface area contributed by atoms with Crippen LogP contribution >= 0.6 is 0 Å². The zero-order valence-electron chi connectivity index (χ0n) is 25.6. The molecule has 2 aromatic carbocycles. The first kappa shape index (κ1) is 28.6. The number of benzene rings is 2. The van der Waals surface area contributed by atoms with Crippen molar-refractivity contribution in [2.75, 3.05) is 31.5 Å². The Hall–Kier alpha value is -5.85. The van der Waals surface area contributed by atoms with Crippen molar-refractivity contribution in [1.29, 1.82) is 0 Å².